The van der Waals surface area contributed by atoms with Crippen molar-refractivity contribution in [2.24, 2.45) is 0 Å². The van der Waals surface area contributed by atoms with Gasteiger partial charge in [-0.25, -0.2) is 9.37 Å². The maximum absolute atomic E-state index is 13.0. The zero-order valence-electron chi connectivity index (χ0n) is 12.9. The van der Waals surface area contributed by atoms with Crippen LogP contribution in [0.5, 0.6) is 0 Å². The van der Waals surface area contributed by atoms with Gasteiger partial charge in [0.2, 0.25) is 5.95 Å². The molecular weight excluding hydrogens is 307 g/mol. The van der Waals surface area contributed by atoms with Crippen LogP contribution in [-0.4, -0.2) is 28.2 Å². The molecule has 0 fully saturated rings. The lowest BCUT2D eigenvalue weighted by Gasteiger charge is -2.11. The van der Waals surface area contributed by atoms with Crippen molar-refractivity contribution in [1.82, 2.24) is 9.97 Å². The van der Waals surface area contributed by atoms with Gasteiger partial charge < -0.3 is 15.7 Å². The fourth-order valence-electron chi connectivity index (χ4n) is 2.20. The number of hydrogen-bond acceptors (Lipinski definition) is 5. The quantitative estimate of drug-likeness (QED) is 0.648. The first-order valence-electron chi connectivity index (χ1n) is 7.56. The van der Waals surface area contributed by atoms with Gasteiger partial charge in [0.05, 0.1) is 12.3 Å². The van der Waals surface area contributed by atoms with Crippen molar-refractivity contribution in [3.8, 4) is 11.3 Å². The first kappa shape index (κ1) is 15.9. The van der Waals surface area contributed by atoms with Crippen LogP contribution < -0.4 is 10.6 Å². The average Bonchev–Trinajstić information content (AvgIpc) is 2.62. The second-order valence-electron chi connectivity index (χ2n) is 5.11. The van der Waals surface area contributed by atoms with Crippen LogP contribution in [0.3, 0.4) is 0 Å². The van der Waals surface area contributed by atoms with Gasteiger partial charge in [-0.15, -0.1) is 0 Å². The molecule has 0 bridgehead atoms. The predicted octanol–water partition coefficient (Wildman–Crippen LogP) is 3.43. The highest BCUT2D eigenvalue weighted by Crippen LogP contribution is 2.23. The van der Waals surface area contributed by atoms with E-state index < -0.39 is 0 Å². The Morgan fingerprint density at radius 1 is 0.958 bits per heavy atom. The number of halogens is 1. The van der Waals surface area contributed by atoms with Gasteiger partial charge in [0.15, 0.2) is 0 Å². The molecule has 5 nitrogen and oxygen atoms in total. The molecule has 0 saturated heterocycles. The van der Waals surface area contributed by atoms with E-state index in [4.69, 9.17) is 5.11 Å². The monoisotopic (exact) mass is 324 g/mol. The molecule has 0 aliphatic heterocycles. The van der Waals surface area contributed by atoms with Gasteiger partial charge in [-0.1, -0.05) is 30.3 Å². The Morgan fingerprint density at radius 2 is 1.71 bits per heavy atom. The highest BCUT2D eigenvalue weighted by molar-refractivity contribution is 5.67. The summed E-state index contributed by atoms with van der Waals surface area (Å²) < 4.78 is 13.0. The van der Waals surface area contributed by atoms with Gasteiger partial charge in [0.25, 0.3) is 0 Å². The van der Waals surface area contributed by atoms with E-state index in [9.17, 15) is 4.39 Å². The molecule has 3 rings (SSSR count). The molecule has 0 radical (unpaired) electrons. The molecule has 0 aliphatic rings. The Labute approximate surface area is 139 Å². The number of benzene rings is 2. The molecule has 0 saturated carbocycles. The number of rotatable bonds is 6. The number of aromatic nitrogens is 2. The molecule has 0 atom stereocenters. The third-order valence-corrected chi connectivity index (χ3v) is 3.31. The molecule has 0 amide bonds. The molecule has 0 spiro atoms. The molecule has 1 aromatic heterocycles. The van der Waals surface area contributed by atoms with Gasteiger partial charge in [0, 0.05) is 23.9 Å². The molecule has 0 aliphatic carbocycles. The van der Waals surface area contributed by atoms with E-state index in [-0.39, 0.29) is 12.4 Å². The summed E-state index contributed by atoms with van der Waals surface area (Å²) in [6, 6.07) is 17.6. The lowest BCUT2D eigenvalue weighted by atomic mass is 10.1. The summed E-state index contributed by atoms with van der Waals surface area (Å²) in [5.74, 6) is 0.699. The van der Waals surface area contributed by atoms with Crippen LogP contribution >= 0.6 is 0 Å². The molecule has 0 unspecified atom stereocenters. The SMILES string of the molecule is OCCNc1nc(Nc2ccc(F)cc2)cc(-c2ccccc2)n1. The standard InChI is InChI=1S/C18H17FN4O/c19-14-6-8-15(9-7-14)21-17-12-16(13-4-2-1-3-5-13)22-18(23-17)20-10-11-24/h1-9,12,24H,10-11H2,(H2,20,21,22,23). The van der Waals surface area contributed by atoms with E-state index in [0.29, 0.717) is 18.3 Å². The van der Waals surface area contributed by atoms with Crippen LogP contribution in [0.25, 0.3) is 11.3 Å². The van der Waals surface area contributed by atoms with Crippen LogP contribution in [0.2, 0.25) is 0 Å². The van der Waals surface area contributed by atoms with Crippen LogP contribution in [0, 0.1) is 5.82 Å². The fourth-order valence-corrected chi connectivity index (χ4v) is 2.20. The van der Waals surface area contributed by atoms with Crippen LogP contribution in [-0.2, 0) is 0 Å². The van der Waals surface area contributed by atoms with E-state index in [0.717, 1.165) is 16.9 Å². The number of nitrogens with one attached hydrogen (secondary N) is 2. The van der Waals surface area contributed by atoms with E-state index in [1.807, 2.05) is 36.4 Å². The molecule has 6 heteroatoms. The molecule has 3 aromatic rings. The van der Waals surface area contributed by atoms with Gasteiger partial charge in [-0.2, -0.15) is 4.98 Å². The summed E-state index contributed by atoms with van der Waals surface area (Å²) in [6.07, 6.45) is 0. The molecule has 2 aromatic carbocycles. The third kappa shape index (κ3) is 4.05. The number of nitrogens with zero attached hydrogens (tertiary/aromatic N) is 2. The Kier molecular flexibility index (Phi) is 4.98. The van der Waals surface area contributed by atoms with E-state index in [2.05, 4.69) is 20.6 Å². The Bertz CT molecular complexity index is 794. The number of aliphatic hydroxyl groups excluding tert-OH is 1. The average molecular weight is 324 g/mol. The highest BCUT2D eigenvalue weighted by Gasteiger charge is 2.07. The number of aliphatic hydroxyl groups is 1. The molecule has 122 valence electrons. The van der Waals surface area contributed by atoms with E-state index >= 15 is 0 Å². The summed E-state index contributed by atoms with van der Waals surface area (Å²) in [4.78, 5) is 8.84. The summed E-state index contributed by atoms with van der Waals surface area (Å²) >= 11 is 0. The topological polar surface area (TPSA) is 70.1 Å². The summed E-state index contributed by atoms with van der Waals surface area (Å²) in [5, 5.41) is 15.1. The predicted molar refractivity (Wildman–Crippen MR) is 92.7 cm³/mol. The molecule has 24 heavy (non-hydrogen) atoms. The highest BCUT2D eigenvalue weighted by atomic mass is 19.1. The van der Waals surface area contributed by atoms with Crippen molar-refractivity contribution in [3.05, 3.63) is 66.5 Å². The maximum atomic E-state index is 13.0. The van der Waals surface area contributed by atoms with Crippen molar-refractivity contribution in [2.45, 2.75) is 0 Å². The Hall–Kier alpha value is -2.99. The van der Waals surface area contributed by atoms with Crippen LogP contribution in [0.4, 0.5) is 21.8 Å². The minimum atomic E-state index is -0.293. The largest absolute Gasteiger partial charge is 0.395 e. The summed E-state index contributed by atoms with van der Waals surface area (Å²) in [7, 11) is 0. The maximum Gasteiger partial charge on any atom is 0.225 e. The van der Waals surface area contributed by atoms with Gasteiger partial charge >= 0.3 is 0 Å². The Balaban J connectivity index is 1.93. The second-order valence-corrected chi connectivity index (χ2v) is 5.11. The lowest BCUT2D eigenvalue weighted by molar-refractivity contribution is 0.311. The van der Waals surface area contributed by atoms with Crippen LogP contribution in [0.1, 0.15) is 0 Å². The van der Waals surface area contributed by atoms with Gasteiger partial charge in [-0.3, -0.25) is 0 Å². The van der Waals surface area contributed by atoms with Gasteiger partial charge in [-0.05, 0) is 24.3 Å². The first-order valence-corrected chi connectivity index (χ1v) is 7.56. The zero-order chi connectivity index (χ0) is 16.8. The number of hydrogen-bond donors (Lipinski definition) is 3. The lowest BCUT2D eigenvalue weighted by Crippen LogP contribution is -2.10. The van der Waals surface area contributed by atoms with Crippen molar-refractivity contribution in [3.63, 3.8) is 0 Å². The minimum absolute atomic E-state index is 0.0142. The second kappa shape index (κ2) is 7.52. The van der Waals surface area contributed by atoms with Crippen molar-refractivity contribution < 1.29 is 9.50 Å². The van der Waals surface area contributed by atoms with E-state index in [1.165, 1.54) is 12.1 Å². The van der Waals surface area contributed by atoms with Crippen molar-refractivity contribution >= 4 is 17.5 Å². The van der Waals surface area contributed by atoms with Crippen molar-refractivity contribution in [2.75, 3.05) is 23.8 Å². The first-order chi connectivity index (χ1) is 11.7. The smallest absolute Gasteiger partial charge is 0.225 e. The Morgan fingerprint density at radius 3 is 2.42 bits per heavy atom. The summed E-state index contributed by atoms with van der Waals surface area (Å²) in [6.45, 7) is 0.341. The van der Waals surface area contributed by atoms with Crippen LogP contribution in [0.15, 0.2) is 60.7 Å². The van der Waals surface area contributed by atoms with E-state index in [1.54, 1.807) is 12.1 Å². The zero-order valence-corrected chi connectivity index (χ0v) is 12.9. The molecule has 3 N–H and O–H groups in total. The van der Waals surface area contributed by atoms with Gasteiger partial charge in [0.1, 0.15) is 11.6 Å². The van der Waals surface area contributed by atoms with Crippen molar-refractivity contribution in [1.29, 1.82) is 0 Å². The fraction of sp³-hybridized carbons (Fsp3) is 0.111. The summed E-state index contributed by atoms with van der Waals surface area (Å²) in [5.41, 5.74) is 2.42. The molecule has 1 heterocycles. The minimum Gasteiger partial charge on any atom is -0.395 e. The third-order valence-electron chi connectivity index (χ3n) is 3.31. The number of anilines is 3. The molecular formula is C18H17FN4O. The normalized spacial score (nSPS) is 10.4.